The molecule has 0 bridgehead atoms. The summed E-state index contributed by atoms with van der Waals surface area (Å²) < 4.78 is 4.82. The third-order valence-electron chi connectivity index (χ3n) is 3.25. The fraction of sp³-hybridized carbons (Fsp3) is 0.222. The molecule has 0 unspecified atom stereocenters. The Balaban J connectivity index is 1.75. The van der Waals surface area contributed by atoms with Crippen LogP contribution in [0.5, 0.6) is 0 Å². The summed E-state index contributed by atoms with van der Waals surface area (Å²) in [5.74, 6) is -1.91. The van der Waals surface area contributed by atoms with E-state index in [9.17, 15) is 19.2 Å². The normalized spacial score (nSPS) is 9.96. The monoisotopic (exact) mass is 389 g/mol. The lowest BCUT2D eigenvalue weighted by atomic mass is 10.2. The summed E-state index contributed by atoms with van der Waals surface area (Å²) in [5, 5.41) is 9.36. The highest BCUT2D eigenvalue weighted by molar-refractivity contribution is 7.12. The highest BCUT2D eigenvalue weighted by Crippen LogP contribution is 2.10. The number of benzene rings is 1. The van der Waals surface area contributed by atoms with Crippen molar-refractivity contribution in [1.82, 2.24) is 10.6 Å². The highest BCUT2D eigenvalue weighted by atomic mass is 32.1. The van der Waals surface area contributed by atoms with Gasteiger partial charge in [-0.2, -0.15) is 0 Å². The Morgan fingerprint density at radius 3 is 2.56 bits per heavy atom. The van der Waals surface area contributed by atoms with Crippen LogP contribution in [0, 0.1) is 0 Å². The van der Waals surface area contributed by atoms with Crippen LogP contribution in [0.15, 0.2) is 41.8 Å². The number of anilines is 1. The number of carbonyl (C=O) groups excluding carboxylic acids is 4. The molecular formula is C18H19N3O5S. The van der Waals surface area contributed by atoms with Crippen LogP contribution in [-0.2, 0) is 14.3 Å². The summed E-state index contributed by atoms with van der Waals surface area (Å²) in [6.07, 6.45) is 0. The first kappa shape index (κ1) is 20.1. The smallest absolute Gasteiger partial charge is 0.325 e. The molecule has 0 aliphatic heterocycles. The fourth-order valence-corrected chi connectivity index (χ4v) is 2.68. The molecule has 8 nitrogen and oxygen atoms in total. The van der Waals surface area contributed by atoms with E-state index >= 15 is 0 Å². The lowest BCUT2D eigenvalue weighted by molar-refractivity contribution is -0.146. The molecular weight excluding hydrogens is 370 g/mol. The van der Waals surface area contributed by atoms with Gasteiger partial charge in [0.15, 0.2) is 6.61 Å². The molecule has 2 aromatic rings. The second kappa shape index (κ2) is 10.1. The van der Waals surface area contributed by atoms with E-state index in [2.05, 4.69) is 16.0 Å². The van der Waals surface area contributed by atoms with Gasteiger partial charge in [-0.15, -0.1) is 11.3 Å². The number of amides is 3. The van der Waals surface area contributed by atoms with Crippen LogP contribution in [-0.4, -0.2) is 43.4 Å². The van der Waals surface area contributed by atoms with Gasteiger partial charge in [0.1, 0.15) is 6.54 Å². The van der Waals surface area contributed by atoms with Crippen molar-refractivity contribution in [3.63, 3.8) is 0 Å². The third-order valence-corrected chi connectivity index (χ3v) is 4.12. The zero-order valence-electron chi connectivity index (χ0n) is 14.6. The number of hydrogen-bond acceptors (Lipinski definition) is 6. The molecule has 1 aromatic carbocycles. The molecule has 1 aromatic heterocycles. The highest BCUT2D eigenvalue weighted by Gasteiger charge is 2.12. The van der Waals surface area contributed by atoms with E-state index in [0.29, 0.717) is 22.7 Å². The first-order chi connectivity index (χ1) is 13.0. The average molecular weight is 389 g/mol. The Hall–Kier alpha value is -3.20. The van der Waals surface area contributed by atoms with E-state index in [0.717, 1.165) is 0 Å². The predicted octanol–water partition coefficient (Wildman–Crippen LogP) is 1.41. The number of esters is 1. The van der Waals surface area contributed by atoms with Crippen LogP contribution in [0.1, 0.15) is 27.0 Å². The van der Waals surface area contributed by atoms with E-state index in [-0.39, 0.29) is 18.4 Å². The lowest BCUT2D eigenvalue weighted by Gasteiger charge is -2.08. The molecule has 27 heavy (non-hydrogen) atoms. The Bertz CT molecular complexity index is 820. The van der Waals surface area contributed by atoms with Crippen LogP contribution in [0.4, 0.5) is 5.69 Å². The molecule has 0 aliphatic rings. The second-order valence-electron chi connectivity index (χ2n) is 5.31. The van der Waals surface area contributed by atoms with Crippen molar-refractivity contribution >= 4 is 40.7 Å². The number of carbonyl (C=O) groups is 4. The van der Waals surface area contributed by atoms with Crippen molar-refractivity contribution < 1.29 is 23.9 Å². The van der Waals surface area contributed by atoms with E-state index < -0.39 is 18.5 Å². The van der Waals surface area contributed by atoms with Gasteiger partial charge in [0.25, 0.3) is 17.7 Å². The number of thiophene rings is 1. The number of rotatable bonds is 8. The molecule has 0 radical (unpaired) electrons. The number of nitrogens with one attached hydrogen (secondary N) is 3. The fourth-order valence-electron chi connectivity index (χ4n) is 2.04. The lowest BCUT2D eigenvalue weighted by Crippen LogP contribution is -2.31. The van der Waals surface area contributed by atoms with E-state index in [1.807, 2.05) is 0 Å². The maximum absolute atomic E-state index is 11.9. The summed E-state index contributed by atoms with van der Waals surface area (Å²) in [7, 11) is 0. The SMILES string of the molecule is CCNC(=O)c1cccc(NC(=O)COC(=O)CNC(=O)c2cccs2)c1. The summed E-state index contributed by atoms with van der Waals surface area (Å²) in [6.45, 7) is 1.46. The molecule has 0 atom stereocenters. The van der Waals surface area contributed by atoms with E-state index in [1.54, 1.807) is 42.6 Å². The first-order valence-corrected chi connectivity index (χ1v) is 9.03. The molecule has 0 aliphatic carbocycles. The standard InChI is InChI=1S/C18H19N3O5S/c1-2-19-17(24)12-5-3-6-13(9-12)21-15(22)11-26-16(23)10-20-18(25)14-7-4-8-27-14/h3-9H,2,10-11H2,1H3,(H,19,24)(H,20,25)(H,21,22). The molecule has 0 spiro atoms. The summed E-state index contributed by atoms with van der Waals surface area (Å²) in [5.41, 5.74) is 0.814. The quantitative estimate of drug-likeness (QED) is 0.591. The zero-order valence-corrected chi connectivity index (χ0v) is 15.4. The minimum absolute atomic E-state index is 0.249. The summed E-state index contributed by atoms with van der Waals surface area (Å²) >= 11 is 1.25. The van der Waals surface area contributed by atoms with Gasteiger partial charge < -0.3 is 20.7 Å². The van der Waals surface area contributed by atoms with Crippen molar-refractivity contribution in [1.29, 1.82) is 0 Å². The van der Waals surface area contributed by atoms with Gasteiger partial charge >= 0.3 is 5.97 Å². The first-order valence-electron chi connectivity index (χ1n) is 8.15. The number of ether oxygens (including phenoxy) is 1. The maximum atomic E-state index is 11.9. The largest absolute Gasteiger partial charge is 0.454 e. The van der Waals surface area contributed by atoms with Crippen molar-refractivity contribution in [3.05, 3.63) is 52.2 Å². The van der Waals surface area contributed by atoms with Crippen LogP contribution >= 0.6 is 11.3 Å². The third kappa shape index (κ3) is 6.55. The van der Waals surface area contributed by atoms with E-state index in [4.69, 9.17) is 4.74 Å². The Morgan fingerprint density at radius 1 is 1.04 bits per heavy atom. The van der Waals surface area contributed by atoms with Crippen LogP contribution in [0.25, 0.3) is 0 Å². The van der Waals surface area contributed by atoms with Crippen molar-refractivity contribution in [2.24, 2.45) is 0 Å². The van der Waals surface area contributed by atoms with E-state index in [1.165, 1.54) is 17.4 Å². The van der Waals surface area contributed by atoms with Gasteiger partial charge in [-0.1, -0.05) is 12.1 Å². The molecule has 3 N–H and O–H groups in total. The van der Waals surface area contributed by atoms with Crippen molar-refractivity contribution in [2.75, 3.05) is 25.0 Å². The Morgan fingerprint density at radius 2 is 1.85 bits per heavy atom. The molecule has 3 amide bonds. The van der Waals surface area contributed by atoms with Gasteiger partial charge in [-0.3, -0.25) is 19.2 Å². The van der Waals surface area contributed by atoms with Crippen LogP contribution in [0.2, 0.25) is 0 Å². The number of hydrogen-bond donors (Lipinski definition) is 3. The molecule has 9 heteroatoms. The zero-order chi connectivity index (χ0) is 19.6. The van der Waals surface area contributed by atoms with Gasteiger partial charge in [0, 0.05) is 17.8 Å². The van der Waals surface area contributed by atoms with Gasteiger partial charge in [0.2, 0.25) is 0 Å². The predicted molar refractivity (Wildman–Crippen MR) is 101 cm³/mol. The van der Waals surface area contributed by atoms with Crippen LogP contribution < -0.4 is 16.0 Å². The average Bonchev–Trinajstić information content (AvgIpc) is 3.19. The van der Waals surface area contributed by atoms with Gasteiger partial charge in [0.05, 0.1) is 4.88 Å². The van der Waals surface area contributed by atoms with Crippen molar-refractivity contribution in [3.8, 4) is 0 Å². The van der Waals surface area contributed by atoms with Gasteiger partial charge in [-0.05, 0) is 36.6 Å². The molecule has 142 valence electrons. The molecule has 1 heterocycles. The van der Waals surface area contributed by atoms with Gasteiger partial charge in [-0.25, -0.2) is 0 Å². The maximum Gasteiger partial charge on any atom is 0.325 e. The molecule has 0 fully saturated rings. The molecule has 2 rings (SSSR count). The summed E-state index contributed by atoms with van der Waals surface area (Å²) in [4.78, 5) is 47.5. The van der Waals surface area contributed by atoms with Crippen molar-refractivity contribution in [2.45, 2.75) is 6.92 Å². The van der Waals surface area contributed by atoms with Crippen LogP contribution in [0.3, 0.4) is 0 Å². The Kier molecular flexibility index (Phi) is 7.50. The topological polar surface area (TPSA) is 114 Å². The summed E-state index contributed by atoms with van der Waals surface area (Å²) in [6, 6.07) is 9.75. The molecule has 0 saturated heterocycles. The minimum Gasteiger partial charge on any atom is -0.454 e. The Labute approximate surface area is 159 Å². The minimum atomic E-state index is -0.730. The molecule has 0 saturated carbocycles. The second-order valence-corrected chi connectivity index (χ2v) is 6.26.